The van der Waals surface area contributed by atoms with E-state index in [1.807, 2.05) is 12.1 Å². The molecule has 7 heteroatoms. The normalized spacial score (nSPS) is 20.4. The van der Waals surface area contributed by atoms with Crippen LogP contribution in [0.3, 0.4) is 0 Å². The molecule has 1 aromatic carbocycles. The standard InChI is InChI=1S/C12H12N4O2S/c13-7-10-3-1-2-4-12(10)19(17,18)16-6-5-15-9-11(16)8-14/h1-4,11,15H,5-6,9H2. The van der Waals surface area contributed by atoms with Gasteiger partial charge in [-0.05, 0) is 12.1 Å². The molecule has 0 radical (unpaired) electrons. The third kappa shape index (κ3) is 2.45. The van der Waals surface area contributed by atoms with Crippen LogP contribution in [0.1, 0.15) is 5.56 Å². The Bertz CT molecular complexity index is 657. The second kappa shape index (κ2) is 5.37. The smallest absolute Gasteiger partial charge is 0.245 e. The summed E-state index contributed by atoms with van der Waals surface area (Å²) in [4.78, 5) is -0.0420. The van der Waals surface area contributed by atoms with E-state index in [9.17, 15) is 8.42 Å². The number of hydrogen-bond donors (Lipinski definition) is 1. The van der Waals surface area contributed by atoms with Crippen LogP contribution in [0.15, 0.2) is 29.2 Å². The van der Waals surface area contributed by atoms with Crippen LogP contribution in [-0.2, 0) is 10.0 Å². The van der Waals surface area contributed by atoms with Crippen molar-refractivity contribution in [3.8, 4) is 12.1 Å². The highest BCUT2D eigenvalue weighted by Crippen LogP contribution is 2.22. The van der Waals surface area contributed by atoms with Crippen LogP contribution in [0.5, 0.6) is 0 Å². The van der Waals surface area contributed by atoms with Gasteiger partial charge in [0.1, 0.15) is 12.1 Å². The Morgan fingerprint density at radius 3 is 2.74 bits per heavy atom. The summed E-state index contributed by atoms with van der Waals surface area (Å²) in [5.74, 6) is 0. The molecule has 0 aliphatic carbocycles. The molecule has 1 aromatic rings. The molecule has 1 atom stereocenters. The summed E-state index contributed by atoms with van der Waals surface area (Å²) in [6, 6.07) is 9.12. The van der Waals surface area contributed by atoms with E-state index >= 15 is 0 Å². The molecule has 1 unspecified atom stereocenters. The number of nitrogens with one attached hydrogen (secondary N) is 1. The molecule has 19 heavy (non-hydrogen) atoms. The van der Waals surface area contributed by atoms with E-state index < -0.39 is 16.1 Å². The van der Waals surface area contributed by atoms with E-state index in [2.05, 4.69) is 5.32 Å². The number of piperazine rings is 1. The summed E-state index contributed by atoms with van der Waals surface area (Å²) in [5, 5.41) is 21.0. The SMILES string of the molecule is N#Cc1ccccc1S(=O)(=O)N1CCNCC1C#N. The first-order valence-electron chi connectivity index (χ1n) is 5.72. The molecule has 2 rings (SSSR count). The van der Waals surface area contributed by atoms with E-state index in [-0.39, 0.29) is 17.0 Å². The van der Waals surface area contributed by atoms with Crippen molar-refractivity contribution in [1.29, 1.82) is 10.5 Å². The maximum atomic E-state index is 12.5. The van der Waals surface area contributed by atoms with Gasteiger partial charge in [-0.1, -0.05) is 12.1 Å². The van der Waals surface area contributed by atoms with E-state index in [1.165, 1.54) is 12.1 Å². The molecular formula is C12H12N4O2S. The van der Waals surface area contributed by atoms with Gasteiger partial charge >= 0.3 is 0 Å². The Morgan fingerprint density at radius 2 is 2.05 bits per heavy atom. The van der Waals surface area contributed by atoms with Gasteiger partial charge in [0.25, 0.3) is 0 Å². The average Bonchev–Trinajstić information content (AvgIpc) is 2.47. The third-order valence-electron chi connectivity index (χ3n) is 2.94. The van der Waals surface area contributed by atoms with Crippen molar-refractivity contribution in [1.82, 2.24) is 9.62 Å². The van der Waals surface area contributed by atoms with Gasteiger partial charge in [0, 0.05) is 19.6 Å². The van der Waals surface area contributed by atoms with E-state index in [0.717, 1.165) is 4.31 Å². The predicted molar refractivity (Wildman–Crippen MR) is 67.3 cm³/mol. The summed E-state index contributed by atoms with van der Waals surface area (Å²) in [6.07, 6.45) is 0. The minimum Gasteiger partial charge on any atom is -0.313 e. The Morgan fingerprint density at radius 1 is 1.32 bits per heavy atom. The summed E-state index contributed by atoms with van der Waals surface area (Å²) in [7, 11) is -3.82. The number of hydrogen-bond acceptors (Lipinski definition) is 5. The molecule has 1 N–H and O–H groups in total. The Labute approximate surface area is 111 Å². The van der Waals surface area contributed by atoms with Gasteiger partial charge in [0.05, 0.1) is 16.5 Å². The van der Waals surface area contributed by atoms with Crippen LogP contribution < -0.4 is 5.32 Å². The maximum absolute atomic E-state index is 12.5. The number of sulfonamides is 1. The molecule has 0 bridgehead atoms. The highest BCUT2D eigenvalue weighted by atomic mass is 32.2. The summed E-state index contributed by atoms with van der Waals surface area (Å²) >= 11 is 0. The zero-order chi connectivity index (χ0) is 13.9. The zero-order valence-corrected chi connectivity index (χ0v) is 10.9. The molecule has 1 aliphatic rings. The Kier molecular flexibility index (Phi) is 3.82. The lowest BCUT2D eigenvalue weighted by Gasteiger charge is -2.31. The van der Waals surface area contributed by atoms with Gasteiger partial charge < -0.3 is 5.32 Å². The Hall–Kier alpha value is -1.93. The highest BCUT2D eigenvalue weighted by molar-refractivity contribution is 7.89. The number of rotatable bonds is 2. The van der Waals surface area contributed by atoms with Gasteiger partial charge in [0.2, 0.25) is 10.0 Å². The maximum Gasteiger partial charge on any atom is 0.245 e. The third-order valence-corrected chi connectivity index (χ3v) is 4.90. The van der Waals surface area contributed by atoms with Gasteiger partial charge in [-0.25, -0.2) is 8.42 Å². The molecule has 0 saturated carbocycles. The van der Waals surface area contributed by atoms with Gasteiger partial charge in [-0.2, -0.15) is 14.8 Å². The fraction of sp³-hybridized carbons (Fsp3) is 0.333. The number of nitrogens with zero attached hydrogens (tertiary/aromatic N) is 3. The van der Waals surface area contributed by atoms with Gasteiger partial charge in [0.15, 0.2) is 0 Å². The molecule has 0 amide bonds. The molecular weight excluding hydrogens is 264 g/mol. The van der Waals surface area contributed by atoms with Crippen LogP contribution >= 0.6 is 0 Å². The minimum absolute atomic E-state index is 0.0420. The molecule has 1 fully saturated rings. The van der Waals surface area contributed by atoms with Gasteiger partial charge in [-0.15, -0.1) is 0 Å². The van der Waals surface area contributed by atoms with E-state index in [1.54, 1.807) is 12.1 Å². The second-order valence-electron chi connectivity index (χ2n) is 4.07. The lowest BCUT2D eigenvalue weighted by Crippen LogP contribution is -2.52. The summed E-state index contributed by atoms with van der Waals surface area (Å²) in [6.45, 7) is 1.01. The van der Waals surface area contributed by atoms with Crippen molar-refractivity contribution >= 4 is 10.0 Å². The van der Waals surface area contributed by atoms with Crippen molar-refractivity contribution in [3.63, 3.8) is 0 Å². The summed E-state index contributed by atoms with van der Waals surface area (Å²) < 4.78 is 26.2. The second-order valence-corrected chi connectivity index (χ2v) is 5.93. The fourth-order valence-corrected chi connectivity index (χ4v) is 3.68. The van der Waals surface area contributed by atoms with Gasteiger partial charge in [-0.3, -0.25) is 0 Å². The molecule has 1 aliphatic heterocycles. The first-order valence-corrected chi connectivity index (χ1v) is 7.16. The number of nitriles is 2. The van der Waals surface area contributed by atoms with E-state index in [0.29, 0.717) is 13.1 Å². The Balaban J connectivity index is 2.48. The quantitative estimate of drug-likeness (QED) is 0.822. The van der Waals surface area contributed by atoms with Crippen molar-refractivity contribution in [2.24, 2.45) is 0 Å². The largest absolute Gasteiger partial charge is 0.313 e. The lowest BCUT2D eigenvalue weighted by molar-refractivity contribution is 0.312. The summed E-state index contributed by atoms with van der Waals surface area (Å²) in [5.41, 5.74) is 0.0951. The molecule has 1 saturated heterocycles. The molecule has 0 aromatic heterocycles. The van der Waals surface area contributed by atoms with Crippen LogP contribution in [0.25, 0.3) is 0 Å². The monoisotopic (exact) mass is 276 g/mol. The average molecular weight is 276 g/mol. The lowest BCUT2D eigenvalue weighted by atomic mass is 10.2. The van der Waals surface area contributed by atoms with Crippen LogP contribution in [0.2, 0.25) is 0 Å². The van der Waals surface area contributed by atoms with Crippen LogP contribution in [0.4, 0.5) is 0 Å². The zero-order valence-electron chi connectivity index (χ0n) is 10.1. The molecule has 98 valence electrons. The first-order chi connectivity index (χ1) is 9.11. The first kappa shape index (κ1) is 13.5. The predicted octanol–water partition coefficient (Wildman–Crippen LogP) is 0.0444. The van der Waals surface area contributed by atoms with Crippen LogP contribution in [-0.4, -0.2) is 38.4 Å². The number of benzene rings is 1. The molecule has 6 nitrogen and oxygen atoms in total. The van der Waals surface area contributed by atoms with Crippen molar-refractivity contribution < 1.29 is 8.42 Å². The van der Waals surface area contributed by atoms with E-state index in [4.69, 9.17) is 10.5 Å². The molecule has 0 spiro atoms. The fourth-order valence-electron chi connectivity index (χ4n) is 1.99. The van der Waals surface area contributed by atoms with Crippen LogP contribution in [0, 0.1) is 22.7 Å². The van der Waals surface area contributed by atoms with Crippen molar-refractivity contribution in [2.75, 3.05) is 19.6 Å². The van der Waals surface area contributed by atoms with Crippen molar-refractivity contribution in [2.45, 2.75) is 10.9 Å². The topological polar surface area (TPSA) is 97.0 Å². The molecule has 1 heterocycles. The van der Waals surface area contributed by atoms with Crippen molar-refractivity contribution in [3.05, 3.63) is 29.8 Å². The minimum atomic E-state index is -3.82. The highest BCUT2D eigenvalue weighted by Gasteiger charge is 2.34.